The molecule has 28 heavy (non-hydrogen) atoms. The Morgan fingerprint density at radius 3 is 2.18 bits per heavy atom. The quantitative estimate of drug-likeness (QED) is 0.817. The van der Waals surface area contributed by atoms with Gasteiger partial charge >= 0.3 is 0 Å². The van der Waals surface area contributed by atoms with Crippen LogP contribution in [0.2, 0.25) is 0 Å². The lowest BCUT2D eigenvalue weighted by Gasteiger charge is -2.24. The molecule has 2 aromatic rings. The van der Waals surface area contributed by atoms with Crippen LogP contribution in [0.3, 0.4) is 0 Å². The van der Waals surface area contributed by atoms with Gasteiger partial charge in [0, 0.05) is 11.7 Å². The molecular weight excluding hydrogens is 348 g/mol. The highest BCUT2D eigenvalue weighted by Crippen LogP contribution is 2.41. The highest BCUT2D eigenvalue weighted by Gasteiger charge is 2.50. The smallest absolute Gasteiger partial charge is 0.231 e. The summed E-state index contributed by atoms with van der Waals surface area (Å²) >= 11 is 0. The second kappa shape index (κ2) is 8.59. The minimum Gasteiger partial charge on any atom is -0.353 e. The SMILES string of the molecule is O=C(NC1CCCCC1)C1CC1C(=O)N(Cc1ccccc1)c1ccccc1. The van der Waals surface area contributed by atoms with Gasteiger partial charge in [-0.25, -0.2) is 0 Å². The van der Waals surface area contributed by atoms with Gasteiger partial charge in [-0.15, -0.1) is 0 Å². The van der Waals surface area contributed by atoms with Gasteiger partial charge in [0.15, 0.2) is 0 Å². The summed E-state index contributed by atoms with van der Waals surface area (Å²) in [6.45, 7) is 0.525. The number of carbonyl (C=O) groups is 2. The summed E-state index contributed by atoms with van der Waals surface area (Å²) in [5, 5.41) is 3.18. The molecule has 2 fully saturated rings. The molecule has 146 valence electrons. The second-order valence-electron chi connectivity index (χ2n) is 8.04. The molecule has 0 saturated heterocycles. The zero-order valence-electron chi connectivity index (χ0n) is 16.2. The lowest BCUT2D eigenvalue weighted by molar-refractivity contribution is -0.126. The van der Waals surface area contributed by atoms with Crippen molar-refractivity contribution in [1.29, 1.82) is 0 Å². The first-order valence-corrected chi connectivity index (χ1v) is 10.4. The van der Waals surface area contributed by atoms with E-state index in [4.69, 9.17) is 0 Å². The van der Waals surface area contributed by atoms with E-state index in [0.717, 1.165) is 24.1 Å². The maximum absolute atomic E-state index is 13.3. The normalized spacial score (nSPS) is 21.7. The number of rotatable bonds is 6. The minimum absolute atomic E-state index is 0.0545. The van der Waals surface area contributed by atoms with Gasteiger partial charge < -0.3 is 10.2 Å². The van der Waals surface area contributed by atoms with E-state index in [1.54, 1.807) is 0 Å². The van der Waals surface area contributed by atoms with Gasteiger partial charge in [0.05, 0.1) is 18.4 Å². The average molecular weight is 377 g/mol. The Hall–Kier alpha value is -2.62. The molecule has 4 heteroatoms. The Kier molecular flexibility index (Phi) is 5.75. The Labute approximate surface area is 166 Å². The van der Waals surface area contributed by atoms with Crippen LogP contribution in [-0.4, -0.2) is 17.9 Å². The topological polar surface area (TPSA) is 49.4 Å². The van der Waals surface area contributed by atoms with E-state index in [1.807, 2.05) is 65.6 Å². The van der Waals surface area contributed by atoms with Gasteiger partial charge in [-0.2, -0.15) is 0 Å². The van der Waals surface area contributed by atoms with Crippen LogP contribution < -0.4 is 10.2 Å². The molecule has 1 N–H and O–H groups in total. The molecule has 0 heterocycles. The largest absolute Gasteiger partial charge is 0.353 e. The van der Waals surface area contributed by atoms with Crippen molar-refractivity contribution in [3.63, 3.8) is 0 Å². The van der Waals surface area contributed by atoms with E-state index in [2.05, 4.69) is 5.32 Å². The van der Waals surface area contributed by atoms with Crippen molar-refractivity contribution in [2.45, 2.75) is 51.1 Å². The zero-order valence-corrected chi connectivity index (χ0v) is 16.2. The number of amides is 2. The Morgan fingerprint density at radius 2 is 1.50 bits per heavy atom. The predicted octanol–water partition coefficient (Wildman–Crippen LogP) is 4.30. The molecule has 4 rings (SSSR count). The van der Waals surface area contributed by atoms with Crippen LogP contribution >= 0.6 is 0 Å². The summed E-state index contributed by atoms with van der Waals surface area (Å²) in [5.41, 5.74) is 1.97. The Morgan fingerprint density at radius 1 is 0.857 bits per heavy atom. The summed E-state index contributed by atoms with van der Waals surface area (Å²) in [5.74, 6) is -0.249. The fraction of sp³-hybridized carbons (Fsp3) is 0.417. The van der Waals surface area contributed by atoms with E-state index >= 15 is 0 Å². The molecule has 0 spiro atoms. The molecule has 2 unspecified atom stereocenters. The molecule has 2 aliphatic carbocycles. The second-order valence-corrected chi connectivity index (χ2v) is 8.04. The first-order chi connectivity index (χ1) is 13.7. The van der Waals surface area contributed by atoms with Crippen LogP contribution in [0, 0.1) is 11.8 Å². The zero-order chi connectivity index (χ0) is 19.3. The van der Waals surface area contributed by atoms with Crippen LogP contribution in [0.15, 0.2) is 60.7 Å². The third-order valence-corrected chi connectivity index (χ3v) is 5.91. The van der Waals surface area contributed by atoms with E-state index < -0.39 is 0 Å². The molecule has 2 aromatic carbocycles. The van der Waals surface area contributed by atoms with E-state index in [9.17, 15) is 9.59 Å². The molecular formula is C24H28N2O2. The van der Waals surface area contributed by atoms with Crippen molar-refractivity contribution in [3.8, 4) is 0 Å². The summed E-state index contributed by atoms with van der Waals surface area (Å²) in [6.07, 6.45) is 6.45. The fourth-order valence-electron chi connectivity index (χ4n) is 4.18. The highest BCUT2D eigenvalue weighted by atomic mass is 16.2. The Balaban J connectivity index is 1.43. The lowest BCUT2D eigenvalue weighted by Crippen LogP contribution is -2.39. The van der Waals surface area contributed by atoms with Crippen LogP contribution in [-0.2, 0) is 16.1 Å². The van der Waals surface area contributed by atoms with Crippen molar-refractivity contribution in [2.75, 3.05) is 4.90 Å². The standard InChI is InChI=1S/C24H28N2O2/c27-23(25-19-12-6-2-7-13-19)21-16-22(21)24(28)26(20-14-8-3-9-15-20)17-18-10-4-1-5-11-18/h1,3-5,8-11,14-15,19,21-22H,2,6-7,12-13,16-17H2,(H,25,27). The van der Waals surface area contributed by atoms with Gasteiger partial charge in [-0.05, 0) is 37.0 Å². The first-order valence-electron chi connectivity index (χ1n) is 10.4. The number of nitrogens with one attached hydrogen (secondary N) is 1. The van der Waals surface area contributed by atoms with E-state index in [0.29, 0.717) is 19.0 Å². The van der Waals surface area contributed by atoms with Crippen molar-refractivity contribution in [1.82, 2.24) is 5.32 Å². The molecule has 2 aliphatic rings. The number of hydrogen-bond donors (Lipinski definition) is 1. The molecule has 0 radical (unpaired) electrons. The molecule has 2 atom stereocenters. The molecule has 4 nitrogen and oxygen atoms in total. The number of carbonyl (C=O) groups excluding carboxylic acids is 2. The lowest BCUT2D eigenvalue weighted by atomic mass is 9.95. The highest BCUT2D eigenvalue weighted by molar-refractivity contribution is 6.01. The molecule has 0 bridgehead atoms. The minimum atomic E-state index is -0.201. The predicted molar refractivity (Wildman–Crippen MR) is 111 cm³/mol. The number of para-hydroxylation sites is 1. The van der Waals surface area contributed by atoms with Gasteiger partial charge in [0.2, 0.25) is 11.8 Å². The van der Waals surface area contributed by atoms with Crippen LogP contribution in [0.5, 0.6) is 0 Å². The van der Waals surface area contributed by atoms with Gasteiger partial charge in [0.1, 0.15) is 0 Å². The molecule has 0 aromatic heterocycles. The van der Waals surface area contributed by atoms with Gasteiger partial charge in [-0.1, -0.05) is 67.8 Å². The fourth-order valence-corrected chi connectivity index (χ4v) is 4.18. The van der Waals surface area contributed by atoms with Crippen LogP contribution in [0.4, 0.5) is 5.69 Å². The van der Waals surface area contributed by atoms with Crippen molar-refractivity contribution >= 4 is 17.5 Å². The monoisotopic (exact) mass is 376 g/mol. The third-order valence-electron chi connectivity index (χ3n) is 5.91. The van der Waals surface area contributed by atoms with Crippen molar-refractivity contribution in [3.05, 3.63) is 66.2 Å². The van der Waals surface area contributed by atoms with E-state index in [1.165, 1.54) is 19.3 Å². The summed E-state index contributed by atoms with van der Waals surface area (Å²) < 4.78 is 0. The van der Waals surface area contributed by atoms with Crippen molar-refractivity contribution < 1.29 is 9.59 Å². The number of anilines is 1. The summed E-state index contributed by atoms with van der Waals surface area (Å²) in [4.78, 5) is 27.7. The summed E-state index contributed by atoms with van der Waals surface area (Å²) in [7, 11) is 0. The number of nitrogens with zero attached hydrogens (tertiary/aromatic N) is 1. The van der Waals surface area contributed by atoms with Gasteiger partial charge in [0.25, 0.3) is 0 Å². The van der Waals surface area contributed by atoms with Gasteiger partial charge in [-0.3, -0.25) is 9.59 Å². The number of benzene rings is 2. The van der Waals surface area contributed by atoms with Crippen LogP contribution in [0.25, 0.3) is 0 Å². The average Bonchev–Trinajstić information content (AvgIpc) is 3.55. The van der Waals surface area contributed by atoms with Crippen molar-refractivity contribution in [2.24, 2.45) is 11.8 Å². The van der Waals surface area contributed by atoms with Crippen LogP contribution in [0.1, 0.15) is 44.1 Å². The maximum atomic E-state index is 13.3. The first kappa shape index (κ1) is 18.7. The summed E-state index contributed by atoms with van der Waals surface area (Å²) in [6, 6.07) is 20.1. The molecule has 2 saturated carbocycles. The third kappa shape index (κ3) is 4.44. The van der Waals surface area contributed by atoms with E-state index in [-0.39, 0.29) is 23.7 Å². The molecule has 0 aliphatic heterocycles. The maximum Gasteiger partial charge on any atom is 0.231 e. The number of hydrogen-bond acceptors (Lipinski definition) is 2. The molecule has 2 amide bonds. The Bertz CT molecular complexity index is 800.